The second-order valence-electron chi connectivity index (χ2n) is 5.54. The molecule has 2 aromatic rings. The first-order valence-electron chi connectivity index (χ1n) is 8.18. The van der Waals surface area contributed by atoms with E-state index in [1.54, 1.807) is 12.4 Å². The summed E-state index contributed by atoms with van der Waals surface area (Å²) in [5.41, 5.74) is 6.72. The third-order valence-electron chi connectivity index (χ3n) is 3.35. The first kappa shape index (κ1) is 21.5. The first-order chi connectivity index (χ1) is 13.0. The molecule has 0 bridgehead atoms. The number of carbonyl (C=O) groups excluding carboxylic acids is 2. The van der Waals surface area contributed by atoms with Gasteiger partial charge in [0.1, 0.15) is 0 Å². The first-order valence-corrected chi connectivity index (χ1v) is 10.3. The van der Waals surface area contributed by atoms with Gasteiger partial charge in [0, 0.05) is 20.0 Å². The number of hydrogen-bond acceptors (Lipinski definition) is 4. The van der Waals surface area contributed by atoms with Crippen LogP contribution in [0.2, 0.25) is 0 Å². The lowest BCUT2D eigenvalue weighted by molar-refractivity contribution is -0.122. The van der Waals surface area contributed by atoms with Gasteiger partial charge in [0.05, 0.1) is 12.4 Å². The molecule has 8 heteroatoms. The zero-order valence-corrected chi connectivity index (χ0v) is 18.7. The monoisotopic (exact) mass is 588 g/mol. The number of hydrogen-bond donors (Lipinski definition) is 2. The van der Waals surface area contributed by atoms with Crippen molar-refractivity contribution in [2.24, 2.45) is 10.2 Å². The van der Waals surface area contributed by atoms with Crippen molar-refractivity contribution in [2.45, 2.75) is 19.3 Å². The van der Waals surface area contributed by atoms with Crippen molar-refractivity contribution in [3.8, 4) is 0 Å². The van der Waals surface area contributed by atoms with Crippen LogP contribution in [0.25, 0.3) is 0 Å². The quantitative estimate of drug-likeness (QED) is 0.281. The van der Waals surface area contributed by atoms with Crippen LogP contribution in [0.3, 0.4) is 0 Å². The third-order valence-corrected chi connectivity index (χ3v) is 4.79. The van der Waals surface area contributed by atoms with E-state index in [9.17, 15) is 9.59 Å². The van der Waals surface area contributed by atoms with Gasteiger partial charge in [-0.1, -0.05) is 24.3 Å². The maximum Gasteiger partial charge on any atom is 0.240 e. The second kappa shape index (κ2) is 11.8. The Morgan fingerprint density at radius 2 is 1.11 bits per heavy atom. The summed E-state index contributed by atoms with van der Waals surface area (Å²) in [5, 5.41) is 7.81. The Hall–Kier alpha value is -1.82. The van der Waals surface area contributed by atoms with E-state index in [0.29, 0.717) is 6.42 Å². The largest absolute Gasteiger partial charge is 0.273 e. The normalized spacial score (nSPS) is 11.0. The lowest BCUT2D eigenvalue weighted by Gasteiger charge is -2.01. The lowest BCUT2D eigenvalue weighted by Crippen LogP contribution is -2.20. The summed E-state index contributed by atoms with van der Waals surface area (Å²) in [6, 6.07) is 15.5. The standard InChI is InChI=1S/C19H18I2N4O2/c20-16-8-4-14(5-9-16)12-22-24-18(26)2-1-3-19(27)25-23-13-15-6-10-17(21)11-7-15/h4-13H,1-3H2,(H,24,26)(H,25,27)/b22-12+,23-13?. The number of hydrazone groups is 2. The van der Waals surface area contributed by atoms with Crippen molar-refractivity contribution in [1.29, 1.82) is 0 Å². The number of amides is 2. The molecule has 0 aliphatic heterocycles. The van der Waals surface area contributed by atoms with E-state index in [4.69, 9.17) is 0 Å². The minimum Gasteiger partial charge on any atom is -0.273 e. The van der Waals surface area contributed by atoms with Crippen LogP contribution in [-0.2, 0) is 9.59 Å². The summed E-state index contributed by atoms with van der Waals surface area (Å²) in [7, 11) is 0. The van der Waals surface area contributed by atoms with Gasteiger partial charge < -0.3 is 0 Å². The van der Waals surface area contributed by atoms with Gasteiger partial charge in [-0.05, 0) is 87.0 Å². The van der Waals surface area contributed by atoms with Crippen LogP contribution >= 0.6 is 45.2 Å². The summed E-state index contributed by atoms with van der Waals surface area (Å²) in [5.74, 6) is -0.459. The Bertz CT molecular complexity index is 749. The number of nitrogens with zero attached hydrogens (tertiary/aromatic N) is 2. The predicted octanol–water partition coefficient (Wildman–Crippen LogP) is 3.67. The summed E-state index contributed by atoms with van der Waals surface area (Å²) in [4.78, 5) is 23.4. The van der Waals surface area contributed by atoms with Crippen LogP contribution in [-0.4, -0.2) is 24.2 Å². The average Bonchev–Trinajstić information content (AvgIpc) is 2.65. The summed E-state index contributed by atoms with van der Waals surface area (Å²) in [6.45, 7) is 0. The predicted molar refractivity (Wildman–Crippen MR) is 124 cm³/mol. The van der Waals surface area contributed by atoms with Crippen molar-refractivity contribution in [1.82, 2.24) is 10.9 Å². The summed E-state index contributed by atoms with van der Waals surface area (Å²) in [6.07, 6.45) is 4.03. The molecule has 0 saturated heterocycles. The van der Waals surface area contributed by atoms with E-state index >= 15 is 0 Å². The number of nitrogens with one attached hydrogen (secondary N) is 2. The molecule has 140 valence electrons. The number of halogens is 2. The molecule has 0 aliphatic rings. The molecule has 2 N–H and O–H groups in total. The smallest absolute Gasteiger partial charge is 0.240 e. The van der Waals surface area contributed by atoms with Gasteiger partial charge in [-0.25, -0.2) is 10.9 Å². The maximum atomic E-state index is 11.7. The Balaban J connectivity index is 1.61. The molecule has 0 unspecified atom stereocenters. The molecule has 0 atom stereocenters. The Morgan fingerprint density at radius 3 is 1.48 bits per heavy atom. The third kappa shape index (κ3) is 9.09. The van der Waals surface area contributed by atoms with Crippen LogP contribution in [0.4, 0.5) is 0 Å². The summed E-state index contributed by atoms with van der Waals surface area (Å²) < 4.78 is 2.27. The Kier molecular flexibility index (Phi) is 9.39. The van der Waals surface area contributed by atoms with Gasteiger partial charge in [0.2, 0.25) is 11.8 Å². The molecule has 2 amide bonds. The molecule has 0 fully saturated rings. The molecule has 0 radical (unpaired) electrons. The fraction of sp³-hybridized carbons (Fsp3) is 0.158. The van der Waals surface area contributed by atoms with Crippen molar-refractivity contribution in [3.63, 3.8) is 0 Å². The van der Waals surface area contributed by atoms with E-state index in [-0.39, 0.29) is 24.7 Å². The van der Waals surface area contributed by atoms with Crippen molar-refractivity contribution < 1.29 is 9.59 Å². The van der Waals surface area contributed by atoms with Gasteiger partial charge >= 0.3 is 0 Å². The zero-order valence-electron chi connectivity index (χ0n) is 14.4. The molecular weight excluding hydrogens is 570 g/mol. The highest BCUT2D eigenvalue weighted by atomic mass is 127. The molecule has 0 aliphatic carbocycles. The molecular formula is C19H18I2N4O2. The van der Waals surface area contributed by atoms with Gasteiger partial charge in [0.25, 0.3) is 0 Å². The van der Waals surface area contributed by atoms with E-state index in [1.807, 2.05) is 48.5 Å². The van der Waals surface area contributed by atoms with Crippen LogP contribution in [0.15, 0.2) is 58.7 Å². The number of benzene rings is 2. The molecule has 0 aromatic heterocycles. The van der Waals surface area contributed by atoms with E-state index < -0.39 is 0 Å². The van der Waals surface area contributed by atoms with Crippen molar-refractivity contribution >= 4 is 69.4 Å². The number of rotatable bonds is 8. The average molecular weight is 588 g/mol. The minimum absolute atomic E-state index is 0.221. The van der Waals surface area contributed by atoms with Crippen LogP contribution in [0, 0.1) is 7.14 Å². The van der Waals surface area contributed by atoms with Crippen LogP contribution in [0.5, 0.6) is 0 Å². The SMILES string of the molecule is O=C(CCCC(=O)N/N=C/c1ccc(I)cc1)NN=Cc1ccc(I)cc1. The van der Waals surface area contributed by atoms with Gasteiger partial charge in [-0.2, -0.15) is 10.2 Å². The Morgan fingerprint density at radius 1 is 0.741 bits per heavy atom. The molecule has 0 spiro atoms. The molecule has 2 rings (SSSR count). The second-order valence-corrected chi connectivity index (χ2v) is 8.03. The minimum atomic E-state index is -0.230. The number of carbonyl (C=O) groups is 2. The van der Waals surface area contributed by atoms with Crippen LogP contribution in [0.1, 0.15) is 30.4 Å². The van der Waals surface area contributed by atoms with E-state index in [1.165, 1.54) is 0 Å². The molecule has 6 nitrogen and oxygen atoms in total. The lowest BCUT2D eigenvalue weighted by atomic mass is 10.2. The Labute approximate surface area is 185 Å². The highest BCUT2D eigenvalue weighted by Gasteiger charge is 2.03. The fourth-order valence-electron chi connectivity index (χ4n) is 1.98. The topological polar surface area (TPSA) is 82.9 Å². The molecule has 0 heterocycles. The van der Waals surface area contributed by atoms with Crippen LogP contribution < -0.4 is 10.9 Å². The van der Waals surface area contributed by atoms with Crippen molar-refractivity contribution in [3.05, 3.63) is 66.8 Å². The van der Waals surface area contributed by atoms with E-state index in [2.05, 4.69) is 66.2 Å². The highest BCUT2D eigenvalue weighted by Crippen LogP contribution is 2.05. The fourth-order valence-corrected chi connectivity index (χ4v) is 2.70. The summed E-state index contributed by atoms with van der Waals surface area (Å²) >= 11 is 4.44. The van der Waals surface area contributed by atoms with E-state index in [0.717, 1.165) is 18.3 Å². The van der Waals surface area contributed by atoms with Gasteiger partial charge in [0.15, 0.2) is 0 Å². The molecule has 2 aromatic carbocycles. The highest BCUT2D eigenvalue weighted by molar-refractivity contribution is 14.1. The maximum absolute atomic E-state index is 11.7. The zero-order chi connectivity index (χ0) is 19.5. The van der Waals surface area contributed by atoms with Gasteiger partial charge in [-0.3, -0.25) is 9.59 Å². The molecule has 27 heavy (non-hydrogen) atoms. The van der Waals surface area contributed by atoms with Crippen molar-refractivity contribution in [2.75, 3.05) is 0 Å². The molecule has 0 saturated carbocycles. The van der Waals surface area contributed by atoms with Gasteiger partial charge in [-0.15, -0.1) is 0 Å².